The predicted molar refractivity (Wildman–Crippen MR) is 74.1 cm³/mol. The van der Waals surface area contributed by atoms with Gasteiger partial charge in [-0.25, -0.2) is 0 Å². The van der Waals surface area contributed by atoms with E-state index in [1.165, 1.54) is 0 Å². The van der Waals surface area contributed by atoms with Crippen LogP contribution in [0.5, 0.6) is 11.5 Å². The summed E-state index contributed by atoms with van der Waals surface area (Å²) in [4.78, 5) is 0. The SMILES string of the molecule is BC(C)(P)Oc1ccc(OCC(C)C)cc1. The fourth-order valence-electron chi connectivity index (χ4n) is 1.17. The molecule has 0 spiro atoms. The molecular formula is C12H20BO2P. The number of hydrogen-bond acceptors (Lipinski definition) is 2. The van der Waals surface area contributed by atoms with Crippen molar-refractivity contribution in [3.8, 4) is 11.5 Å². The van der Waals surface area contributed by atoms with Crippen molar-refractivity contribution in [1.82, 2.24) is 0 Å². The Kier molecular flexibility index (Phi) is 4.67. The second-order valence-corrected chi connectivity index (χ2v) is 6.27. The minimum atomic E-state index is -0.236. The molecule has 4 heteroatoms. The zero-order valence-electron chi connectivity index (χ0n) is 10.5. The van der Waals surface area contributed by atoms with Gasteiger partial charge in [0, 0.05) is 0 Å². The van der Waals surface area contributed by atoms with Crippen LogP contribution < -0.4 is 9.47 Å². The van der Waals surface area contributed by atoms with Gasteiger partial charge in [-0.2, -0.15) is 0 Å². The summed E-state index contributed by atoms with van der Waals surface area (Å²) in [6.45, 7) is 7.01. The molecule has 0 saturated carbocycles. The Bertz CT molecular complexity index is 317. The maximum Gasteiger partial charge on any atom is 0.163 e. The molecule has 0 aliphatic heterocycles. The minimum absolute atomic E-state index is 0.236. The van der Waals surface area contributed by atoms with Gasteiger partial charge in [0.1, 0.15) is 11.5 Å². The van der Waals surface area contributed by atoms with Crippen molar-refractivity contribution < 1.29 is 9.47 Å². The molecule has 0 bridgehead atoms. The van der Waals surface area contributed by atoms with E-state index in [0.29, 0.717) is 5.92 Å². The number of ether oxygens (including phenoxy) is 2. The summed E-state index contributed by atoms with van der Waals surface area (Å²) < 4.78 is 11.3. The van der Waals surface area contributed by atoms with Crippen LogP contribution in [-0.2, 0) is 0 Å². The molecule has 0 saturated heterocycles. The van der Waals surface area contributed by atoms with Crippen molar-refractivity contribution in [2.45, 2.75) is 26.0 Å². The van der Waals surface area contributed by atoms with E-state index in [0.717, 1.165) is 18.1 Å². The van der Waals surface area contributed by atoms with Crippen molar-refractivity contribution in [1.29, 1.82) is 0 Å². The second-order valence-electron chi connectivity index (χ2n) is 4.88. The highest BCUT2D eigenvalue weighted by molar-refractivity contribution is 7.21. The first-order valence-corrected chi connectivity index (χ1v) is 6.15. The van der Waals surface area contributed by atoms with Gasteiger partial charge in [0.2, 0.25) is 0 Å². The zero-order chi connectivity index (χ0) is 12.2. The molecule has 0 aliphatic carbocycles. The lowest BCUT2D eigenvalue weighted by Gasteiger charge is -2.21. The van der Waals surface area contributed by atoms with E-state index in [1.807, 2.05) is 39.0 Å². The smallest absolute Gasteiger partial charge is 0.163 e. The highest BCUT2D eigenvalue weighted by atomic mass is 31.0. The third-order valence-corrected chi connectivity index (χ3v) is 1.91. The molecule has 0 fully saturated rings. The third-order valence-electron chi connectivity index (χ3n) is 1.79. The van der Waals surface area contributed by atoms with Crippen LogP contribution in [0.1, 0.15) is 20.8 Å². The summed E-state index contributed by atoms with van der Waals surface area (Å²) >= 11 is 0. The van der Waals surface area contributed by atoms with E-state index < -0.39 is 0 Å². The van der Waals surface area contributed by atoms with Gasteiger partial charge in [-0.3, -0.25) is 0 Å². The number of rotatable bonds is 5. The van der Waals surface area contributed by atoms with Gasteiger partial charge in [0.25, 0.3) is 0 Å². The van der Waals surface area contributed by atoms with Crippen molar-refractivity contribution in [2.75, 3.05) is 6.61 Å². The van der Waals surface area contributed by atoms with E-state index in [-0.39, 0.29) is 5.24 Å². The average Bonchev–Trinajstić information content (AvgIpc) is 2.14. The zero-order valence-corrected chi connectivity index (χ0v) is 11.6. The molecule has 0 radical (unpaired) electrons. The predicted octanol–water partition coefficient (Wildman–Crippen LogP) is 2.28. The molecule has 2 atom stereocenters. The maximum atomic E-state index is 5.69. The van der Waals surface area contributed by atoms with Gasteiger partial charge in [-0.05, 0) is 37.1 Å². The first kappa shape index (κ1) is 13.4. The standard InChI is InChI=1S/C12H20BO2P/c1-9(2)8-14-10-4-6-11(7-5-10)15-12(3,13)16/h4-7,9H,8,13,16H2,1-3H3. The Labute approximate surface area is 101 Å². The minimum Gasteiger partial charge on any atom is -0.493 e. The van der Waals surface area contributed by atoms with Crippen molar-refractivity contribution >= 4 is 17.1 Å². The molecule has 1 aromatic rings. The summed E-state index contributed by atoms with van der Waals surface area (Å²) in [7, 11) is 4.66. The second kappa shape index (κ2) is 5.59. The topological polar surface area (TPSA) is 18.5 Å². The van der Waals surface area contributed by atoms with Gasteiger partial charge >= 0.3 is 0 Å². The Morgan fingerprint density at radius 1 is 1.25 bits per heavy atom. The van der Waals surface area contributed by atoms with E-state index in [4.69, 9.17) is 9.47 Å². The van der Waals surface area contributed by atoms with Crippen molar-refractivity contribution in [3.63, 3.8) is 0 Å². The summed E-state index contributed by atoms with van der Waals surface area (Å²) in [5.74, 6) is 2.29. The molecular weight excluding hydrogens is 218 g/mol. The highest BCUT2D eigenvalue weighted by Gasteiger charge is 2.11. The lowest BCUT2D eigenvalue weighted by atomic mass is 10.0. The average molecular weight is 238 g/mol. The van der Waals surface area contributed by atoms with Crippen LogP contribution in [0.4, 0.5) is 0 Å². The van der Waals surface area contributed by atoms with Crippen LogP contribution in [0, 0.1) is 5.92 Å². The highest BCUT2D eigenvalue weighted by Crippen LogP contribution is 2.23. The van der Waals surface area contributed by atoms with Gasteiger partial charge in [-0.15, -0.1) is 9.24 Å². The summed E-state index contributed by atoms with van der Waals surface area (Å²) in [5, 5.41) is -0.236. The summed E-state index contributed by atoms with van der Waals surface area (Å²) in [5.41, 5.74) is 0. The van der Waals surface area contributed by atoms with E-state index >= 15 is 0 Å². The van der Waals surface area contributed by atoms with Crippen LogP contribution >= 0.6 is 9.24 Å². The van der Waals surface area contributed by atoms with Crippen molar-refractivity contribution in [2.24, 2.45) is 5.92 Å². The normalized spacial score (nSPS) is 14.6. The molecule has 0 aromatic heterocycles. The number of hydrogen-bond donors (Lipinski definition) is 0. The molecule has 0 heterocycles. The number of benzene rings is 1. The summed E-state index contributed by atoms with van der Waals surface area (Å²) in [6.07, 6.45) is 0. The fraction of sp³-hybridized carbons (Fsp3) is 0.500. The van der Waals surface area contributed by atoms with Crippen LogP contribution in [-0.4, -0.2) is 19.7 Å². The lowest BCUT2D eigenvalue weighted by Crippen LogP contribution is -2.23. The fourth-order valence-corrected chi connectivity index (χ4v) is 1.31. The molecule has 0 aliphatic rings. The van der Waals surface area contributed by atoms with Gasteiger partial charge in [-0.1, -0.05) is 13.8 Å². The Balaban J connectivity index is 2.54. The van der Waals surface area contributed by atoms with Crippen LogP contribution in [0.3, 0.4) is 0 Å². The molecule has 1 aromatic carbocycles. The van der Waals surface area contributed by atoms with Crippen LogP contribution in [0.25, 0.3) is 0 Å². The first-order chi connectivity index (χ1) is 7.37. The van der Waals surface area contributed by atoms with Crippen LogP contribution in [0.15, 0.2) is 24.3 Å². The Hall–Kier alpha value is -0.685. The molecule has 2 unspecified atom stereocenters. The van der Waals surface area contributed by atoms with Crippen LogP contribution in [0.2, 0.25) is 0 Å². The monoisotopic (exact) mass is 238 g/mol. The van der Waals surface area contributed by atoms with E-state index in [9.17, 15) is 0 Å². The Morgan fingerprint density at radius 2 is 1.75 bits per heavy atom. The largest absolute Gasteiger partial charge is 0.493 e. The molecule has 0 N–H and O–H groups in total. The first-order valence-electron chi connectivity index (χ1n) is 5.57. The molecule has 88 valence electrons. The molecule has 0 amide bonds. The van der Waals surface area contributed by atoms with Gasteiger partial charge in [0.05, 0.1) is 11.8 Å². The summed E-state index contributed by atoms with van der Waals surface area (Å²) in [6, 6.07) is 7.74. The molecule has 2 nitrogen and oxygen atoms in total. The van der Waals surface area contributed by atoms with Gasteiger partial charge in [0.15, 0.2) is 7.85 Å². The van der Waals surface area contributed by atoms with E-state index in [2.05, 4.69) is 23.1 Å². The molecule has 1 rings (SSSR count). The maximum absolute atomic E-state index is 5.69. The van der Waals surface area contributed by atoms with Gasteiger partial charge < -0.3 is 9.47 Å². The third kappa shape index (κ3) is 5.41. The Morgan fingerprint density at radius 3 is 2.19 bits per heavy atom. The van der Waals surface area contributed by atoms with Crippen molar-refractivity contribution in [3.05, 3.63) is 24.3 Å². The lowest BCUT2D eigenvalue weighted by molar-refractivity contribution is 0.262. The van der Waals surface area contributed by atoms with E-state index in [1.54, 1.807) is 0 Å². The quantitative estimate of drug-likeness (QED) is 0.578. The molecule has 16 heavy (non-hydrogen) atoms.